The van der Waals surface area contributed by atoms with Crippen LogP contribution in [0.2, 0.25) is 0 Å². The molecule has 1 aliphatic rings. The van der Waals surface area contributed by atoms with Crippen molar-refractivity contribution in [2.45, 2.75) is 33.1 Å². The lowest BCUT2D eigenvalue weighted by Crippen LogP contribution is -1.93. The Balaban J connectivity index is 0.000000687. The van der Waals surface area contributed by atoms with E-state index in [9.17, 15) is 4.39 Å². The largest absolute Gasteiger partial charge is 0.342 e. The van der Waals surface area contributed by atoms with Crippen molar-refractivity contribution in [3.8, 4) is 0 Å². The number of aryl methyl sites for hydroxylation is 1. The van der Waals surface area contributed by atoms with Crippen LogP contribution in [0.15, 0.2) is 66.8 Å². The van der Waals surface area contributed by atoms with Gasteiger partial charge < -0.3 is 4.72 Å². The maximum absolute atomic E-state index is 13.6. The summed E-state index contributed by atoms with van der Waals surface area (Å²) in [5.41, 5.74) is 6.74. The monoisotopic (exact) mass is 409 g/mol. The molecule has 1 aliphatic carbocycles. The second kappa shape index (κ2) is 10.3. The Morgan fingerprint density at radius 2 is 1.86 bits per heavy atom. The molecule has 0 amide bonds. The molecule has 1 N–H and O–H groups in total. The molecular weight excluding hydrogens is 377 g/mol. The number of allylic oxidation sites excluding steroid dienone is 4. The fraction of sp³-hybridized carbons (Fsp3) is 0.231. The van der Waals surface area contributed by atoms with Crippen LogP contribution in [0.3, 0.4) is 0 Å². The van der Waals surface area contributed by atoms with E-state index >= 15 is 0 Å². The fourth-order valence-electron chi connectivity index (χ4n) is 3.07. The Labute approximate surface area is 176 Å². The van der Waals surface area contributed by atoms with Gasteiger partial charge in [-0.2, -0.15) is 0 Å². The van der Waals surface area contributed by atoms with E-state index in [2.05, 4.69) is 61.2 Å². The number of halogens is 1. The zero-order valence-electron chi connectivity index (χ0n) is 17.8. The van der Waals surface area contributed by atoms with Gasteiger partial charge in [-0.15, -0.1) is 16.0 Å². The van der Waals surface area contributed by atoms with E-state index in [0.717, 1.165) is 47.2 Å². The molecule has 0 spiro atoms. The van der Waals surface area contributed by atoms with Crippen molar-refractivity contribution in [1.82, 2.24) is 0 Å². The lowest BCUT2D eigenvalue weighted by Gasteiger charge is -2.13. The van der Waals surface area contributed by atoms with Gasteiger partial charge in [0, 0.05) is 5.69 Å². The van der Waals surface area contributed by atoms with Crippen molar-refractivity contribution in [3.05, 3.63) is 89.3 Å². The van der Waals surface area contributed by atoms with E-state index in [1.807, 2.05) is 30.5 Å². The van der Waals surface area contributed by atoms with Gasteiger partial charge >= 0.3 is 0 Å². The zero-order chi connectivity index (χ0) is 21.4. The number of nitrogens with one attached hydrogen (secondary N) is 1. The summed E-state index contributed by atoms with van der Waals surface area (Å²) in [6.45, 7) is 7.67. The van der Waals surface area contributed by atoms with Crippen LogP contribution >= 0.6 is 9.39 Å². The third kappa shape index (κ3) is 7.43. The van der Waals surface area contributed by atoms with Crippen molar-refractivity contribution in [2.75, 3.05) is 11.0 Å². The summed E-state index contributed by atoms with van der Waals surface area (Å²) in [6.07, 6.45) is 11.2. The summed E-state index contributed by atoms with van der Waals surface area (Å²) < 4.78 is 17.0. The SMILES string of the molecule is C=CCC.C=S(=C)(C)Nc1cccc(/C=C2\C=C(C)CCc3cc(F)ccc32)c1. The molecule has 0 radical (unpaired) electrons. The molecule has 0 saturated carbocycles. The average molecular weight is 410 g/mol. The summed E-state index contributed by atoms with van der Waals surface area (Å²) in [5, 5.41) is 0. The topological polar surface area (TPSA) is 12.0 Å². The van der Waals surface area contributed by atoms with Gasteiger partial charge in [-0.1, -0.05) is 54.6 Å². The van der Waals surface area contributed by atoms with Crippen LogP contribution in [0.5, 0.6) is 0 Å². The van der Waals surface area contributed by atoms with Crippen LogP contribution in [0, 0.1) is 5.82 Å². The minimum absolute atomic E-state index is 0.169. The second-order valence-corrected chi connectivity index (χ2v) is 10.3. The summed E-state index contributed by atoms with van der Waals surface area (Å²) in [4.78, 5) is 0. The molecule has 0 saturated heterocycles. The number of fused-ring (bicyclic) bond motifs is 1. The average Bonchev–Trinajstić information content (AvgIpc) is 2.79. The molecule has 0 unspecified atom stereocenters. The number of hydrogen-bond donors (Lipinski definition) is 1. The summed E-state index contributed by atoms with van der Waals surface area (Å²) in [5.74, 6) is 7.97. The van der Waals surface area contributed by atoms with Crippen LogP contribution in [-0.4, -0.2) is 18.0 Å². The first-order valence-corrected chi connectivity index (χ1v) is 12.2. The fourth-order valence-corrected chi connectivity index (χ4v) is 3.77. The van der Waals surface area contributed by atoms with E-state index in [0.29, 0.717) is 0 Å². The zero-order valence-corrected chi connectivity index (χ0v) is 18.6. The Bertz CT molecular complexity index is 1030. The van der Waals surface area contributed by atoms with Crippen LogP contribution in [-0.2, 0) is 6.42 Å². The molecule has 0 aliphatic heterocycles. The first kappa shape index (κ1) is 22.8. The van der Waals surface area contributed by atoms with Crippen molar-refractivity contribution in [3.63, 3.8) is 0 Å². The van der Waals surface area contributed by atoms with E-state index in [1.165, 1.54) is 5.57 Å². The molecule has 0 atom stereocenters. The van der Waals surface area contributed by atoms with E-state index in [4.69, 9.17) is 0 Å². The lowest BCUT2D eigenvalue weighted by atomic mass is 9.97. The maximum Gasteiger partial charge on any atom is 0.123 e. The van der Waals surface area contributed by atoms with Crippen LogP contribution in [0.1, 0.15) is 43.4 Å². The standard InChI is InChI=1S/C22H24FNS.C4H8/c1-16-8-9-18-15-20(23)10-11-22(18)19(12-16)13-17-6-5-7-21(14-17)24-25(2,3)4;1-3-4-2/h5-7,10-15,24H,2-3,8-9H2,1,4H3;3H,1,4H2,2H3/b19-13+;. The van der Waals surface area contributed by atoms with Gasteiger partial charge in [0.05, 0.1) is 0 Å². The molecule has 1 nitrogen and oxygen atoms in total. The Kier molecular flexibility index (Phi) is 8.10. The van der Waals surface area contributed by atoms with Gasteiger partial charge in [-0.25, -0.2) is 4.39 Å². The smallest absolute Gasteiger partial charge is 0.123 e. The number of rotatable bonds is 4. The van der Waals surface area contributed by atoms with Crippen LogP contribution < -0.4 is 4.72 Å². The first-order chi connectivity index (χ1) is 13.7. The van der Waals surface area contributed by atoms with Gasteiger partial charge in [0.15, 0.2) is 0 Å². The normalized spacial score (nSPS) is 14.8. The highest BCUT2D eigenvalue weighted by Gasteiger charge is 2.12. The first-order valence-electron chi connectivity index (χ1n) is 9.82. The second-order valence-electron chi connectivity index (χ2n) is 7.59. The molecule has 154 valence electrons. The van der Waals surface area contributed by atoms with Gasteiger partial charge in [-0.05, 0) is 85.0 Å². The van der Waals surface area contributed by atoms with E-state index < -0.39 is 9.39 Å². The Hall–Kier alpha value is -2.52. The molecule has 0 bridgehead atoms. The predicted molar refractivity (Wildman–Crippen MR) is 135 cm³/mol. The van der Waals surface area contributed by atoms with Crippen molar-refractivity contribution in [2.24, 2.45) is 0 Å². The maximum atomic E-state index is 13.6. The van der Waals surface area contributed by atoms with Crippen molar-refractivity contribution >= 4 is 38.5 Å². The molecular formula is C26H32FNS. The Morgan fingerprint density at radius 1 is 1.14 bits per heavy atom. The molecule has 3 heteroatoms. The molecule has 2 aromatic rings. The van der Waals surface area contributed by atoms with Crippen LogP contribution in [0.25, 0.3) is 11.6 Å². The van der Waals surface area contributed by atoms with Gasteiger partial charge in [0.1, 0.15) is 5.82 Å². The van der Waals surface area contributed by atoms with Crippen molar-refractivity contribution in [1.29, 1.82) is 0 Å². The van der Waals surface area contributed by atoms with Gasteiger partial charge in [0.2, 0.25) is 0 Å². The molecule has 2 aromatic carbocycles. The van der Waals surface area contributed by atoms with Crippen LogP contribution in [0.4, 0.5) is 10.1 Å². The minimum atomic E-state index is -1.32. The molecule has 0 aromatic heterocycles. The van der Waals surface area contributed by atoms with Gasteiger partial charge in [-0.3, -0.25) is 0 Å². The Morgan fingerprint density at radius 3 is 2.52 bits per heavy atom. The molecule has 3 rings (SSSR count). The predicted octanol–water partition coefficient (Wildman–Crippen LogP) is 7.47. The highest BCUT2D eigenvalue weighted by atomic mass is 32.2. The lowest BCUT2D eigenvalue weighted by molar-refractivity contribution is 0.625. The highest BCUT2D eigenvalue weighted by Crippen LogP contribution is 2.31. The number of benzene rings is 2. The molecule has 0 heterocycles. The summed E-state index contributed by atoms with van der Waals surface area (Å²) >= 11 is 0. The minimum Gasteiger partial charge on any atom is -0.342 e. The molecule has 29 heavy (non-hydrogen) atoms. The third-order valence-electron chi connectivity index (χ3n) is 4.43. The van der Waals surface area contributed by atoms with E-state index in [1.54, 1.807) is 12.1 Å². The summed E-state index contributed by atoms with van der Waals surface area (Å²) in [6, 6.07) is 13.3. The van der Waals surface area contributed by atoms with Gasteiger partial charge in [0.25, 0.3) is 0 Å². The third-order valence-corrected chi connectivity index (χ3v) is 5.16. The van der Waals surface area contributed by atoms with Crippen molar-refractivity contribution < 1.29 is 4.39 Å². The number of anilines is 1. The number of hydrogen-bond acceptors (Lipinski definition) is 1. The van der Waals surface area contributed by atoms with E-state index in [-0.39, 0.29) is 5.82 Å². The summed E-state index contributed by atoms with van der Waals surface area (Å²) in [7, 11) is -1.32. The quantitative estimate of drug-likeness (QED) is 0.408. The molecule has 0 fully saturated rings. The highest BCUT2D eigenvalue weighted by molar-refractivity contribution is 8.28.